The Balaban J connectivity index is 1.98. The lowest BCUT2D eigenvalue weighted by atomic mass is 10.1. The summed E-state index contributed by atoms with van der Waals surface area (Å²) in [6, 6.07) is 0.743. The Bertz CT molecular complexity index is 598. The van der Waals surface area contributed by atoms with Crippen LogP contribution in [0.2, 0.25) is 0 Å². The molecule has 0 saturated heterocycles. The first-order valence-electron chi connectivity index (χ1n) is 6.00. The number of halogens is 3. The van der Waals surface area contributed by atoms with E-state index >= 15 is 0 Å². The van der Waals surface area contributed by atoms with Crippen molar-refractivity contribution in [1.29, 1.82) is 0 Å². The van der Waals surface area contributed by atoms with Crippen molar-refractivity contribution in [3.05, 3.63) is 40.4 Å². The Hall–Kier alpha value is -1.96. The first kappa shape index (κ1) is 15.4. The number of amides is 2. The van der Waals surface area contributed by atoms with Crippen LogP contribution in [0.5, 0.6) is 0 Å². The van der Waals surface area contributed by atoms with E-state index in [2.05, 4.69) is 26.6 Å². The molecule has 1 aliphatic carbocycles. The number of carbonyl (C=O) groups is 2. The van der Waals surface area contributed by atoms with Gasteiger partial charge in [0.15, 0.2) is 11.6 Å². The summed E-state index contributed by atoms with van der Waals surface area (Å²) in [6.45, 7) is 0. The van der Waals surface area contributed by atoms with Gasteiger partial charge in [0.2, 0.25) is 0 Å². The minimum absolute atomic E-state index is 0.202. The smallest absolute Gasteiger partial charge is 0.319 e. The lowest BCUT2D eigenvalue weighted by Gasteiger charge is -2.14. The largest absolute Gasteiger partial charge is 0.481 e. The second-order valence-electron chi connectivity index (χ2n) is 4.51. The molecule has 0 saturated carbocycles. The molecule has 0 aromatic heterocycles. The number of hydrogen-bond donors (Lipinski definition) is 3. The van der Waals surface area contributed by atoms with Crippen LogP contribution < -0.4 is 10.6 Å². The monoisotopic (exact) mass is 360 g/mol. The predicted octanol–water partition coefficient (Wildman–Crippen LogP) is 2.88. The van der Waals surface area contributed by atoms with Crippen molar-refractivity contribution >= 4 is 33.6 Å². The molecule has 1 aliphatic rings. The molecular weight excluding hydrogens is 350 g/mol. The van der Waals surface area contributed by atoms with Gasteiger partial charge in [-0.1, -0.05) is 28.1 Å². The van der Waals surface area contributed by atoms with Gasteiger partial charge in [0, 0.05) is 4.47 Å². The van der Waals surface area contributed by atoms with Gasteiger partial charge in [-0.05, 0) is 18.6 Å². The number of carbonyl (C=O) groups excluding carboxylic acids is 1. The number of benzene rings is 1. The van der Waals surface area contributed by atoms with E-state index in [0.717, 1.165) is 12.1 Å². The first-order chi connectivity index (χ1) is 9.86. The number of hydrogen-bond acceptors (Lipinski definition) is 2. The van der Waals surface area contributed by atoms with E-state index in [-0.39, 0.29) is 10.9 Å². The lowest BCUT2D eigenvalue weighted by molar-refractivity contribution is -0.140. The van der Waals surface area contributed by atoms with E-state index in [1.54, 1.807) is 0 Å². The molecule has 112 valence electrons. The van der Waals surface area contributed by atoms with Gasteiger partial charge in [0.05, 0.1) is 12.0 Å². The number of anilines is 1. The van der Waals surface area contributed by atoms with Crippen molar-refractivity contribution in [2.24, 2.45) is 5.92 Å². The summed E-state index contributed by atoms with van der Waals surface area (Å²) in [5.41, 5.74) is -0.563. The van der Waals surface area contributed by atoms with E-state index in [9.17, 15) is 18.4 Å². The molecule has 2 amide bonds. The average molecular weight is 361 g/mol. The van der Waals surface area contributed by atoms with Gasteiger partial charge in [-0.3, -0.25) is 4.79 Å². The summed E-state index contributed by atoms with van der Waals surface area (Å²) in [6.07, 6.45) is 3.20. The highest BCUT2D eigenvalue weighted by Gasteiger charge is 2.25. The van der Waals surface area contributed by atoms with Gasteiger partial charge in [-0.25, -0.2) is 13.6 Å². The van der Waals surface area contributed by atoms with Crippen molar-refractivity contribution in [3.8, 4) is 0 Å². The Kier molecular flexibility index (Phi) is 4.56. The van der Waals surface area contributed by atoms with E-state index < -0.39 is 41.3 Å². The number of nitrogens with one attached hydrogen (secondary N) is 2. The topological polar surface area (TPSA) is 78.4 Å². The van der Waals surface area contributed by atoms with Gasteiger partial charge in [0.25, 0.3) is 0 Å². The molecule has 5 nitrogen and oxygen atoms in total. The van der Waals surface area contributed by atoms with Gasteiger partial charge >= 0.3 is 12.0 Å². The van der Waals surface area contributed by atoms with Crippen LogP contribution >= 0.6 is 15.9 Å². The standard InChI is InChI=1S/C13H11BrF2N2O3/c14-7-4-9(15)11(10(16)5-7)18-13(21)17-8-2-1-6(3-8)12(19)20/h1-2,4-6,8H,3H2,(H,19,20)(H2,17,18,21). The fourth-order valence-corrected chi connectivity index (χ4v) is 2.37. The fraction of sp³-hybridized carbons (Fsp3) is 0.231. The Labute approximate surface area is 127 Å². The summed E-state index contributed by atoms with van der Waals surface area (Å²) in [7, 11) is 0. The van der Waals surface area contributed by atoms with Crippen LogP contribution in [-0.4, -0.2) is 23.1 Å². The fourth-order valence-electron chi connectivity index (χ4n) is 1.97. The molecule has 0 radical (unpaired) electrons. The highest BCUT2D eigenvalue weighted by molar-refractivity contribution is 9.10. The zero-order valence-electron chi connectivity index (χ0n) is 10.6. The summed E-state index contributed by atoms with van der Waals surface area (Å²) < 4.78 is 27.3. The molecule has 0 heterocycles. The molecule has 0 aliphatic heterocycles. The van der Waals surface area contributed by atoms with E-state index in [4.69, 9.17) is 5.11 Å². The van der Waals surface area contributed by atoms with Gasteiger partial charge in [-0.15, -0.1) is 0 Å². The van der Waals surface area contributed by atoms with Crippen LogP contribution in [-0.2, 0) is 4.79 Å². The molecular formula is C13H11BrF2N2O3. The molecule has 8 heteroatoms. The second-order valence-corrected chi connectivity index (χ2v) is 5.43. The number of rotatable bonds is 3. The number of carboxylic acid groups (broad SMARTS) is 1. The van der Waals surface area contributed by atoms with Gasteiger partial charge < -0.3 is 15.7 Å². The van der Waals surface area contributed by atoms with Crippen molar-refractivity contribution in [2.45, 2.75) is 12.5 Å². The summed E-state index contributed by atoms with van der Waals surface area (Å²) in [4.78, 5) is 22.4. The maximum absolute atomic E-state index is 13.5. The zero-order valence-corrected chi connectivity index (χ0v) is 12.2. The Morgan fingerprint density at radius 3 is 2.38 bits per heavy atom. The number of aliphatic carboxylic acids is 1. The molecule has 2 rings (SSSR count). The van der Waals surface area contributed by atoms with Crippen molar-refractivity contribution in [3.63, 3.8) is 0 Å². The predicted molar refractivity (Wildman–Crippen MR) is 74.9 cm³/mol. The quantitative estimate of drug-likeness (QED) is 0.725. The van der Waals surface area contributed by atoms with E-state index in [0.29, 0.717) is 0 Å². The lowest BCUT2D eigenvalue weighted by Crippen LogP contribution is -2.37. The van der Waals surface area contributed by atoms with Gasteiger partial charge in [-0.2, -0.15) is 0 Å². The molecule has 0 spiro atoms. The third-order valence-electron chi connectivity index (χ3n) is 2.96. The molecule has 2 atom stereocenters. The first-order valence-corrected chi connectivity index (χ1v) is 6.79. The maximum atomic E-state index is 13.5. The van der Waals surface area contributed by atoms with Crippen molar-refractivity contribution in [2.75, 3.05) is 5.32 Å². The summed E-state index contributed by atoms with van der Waals surface area (Å²) >= 11 is 2.93. The molecule has 1 aromatic rings. The van der Waals surface area contributed by atoms with Crippen LogP contribution in [0.1, 0.15) is 6.42 Å². The zero-order chi connectivity index (χ0) is 15.6. The van der Waals surface area contributed by atoms with E-state index in [1.165, 1.54) is 12.2 Å². The molecule has 2 unspecified atom stereocenters. The van der Waals surface area contributed by atoms with Crippen LogP contribution in [0.4, 0.5) is 19.3 Å². The highest BCUT2D eigenvalue weighted by Crippen LogP contribution is 2.24. The van der Waals surface area contributed by atoms with Crippen molar-refractivity contribution < 1.29 is 23.5 Å². The molecule has 21 heavy (non-hydrogen) atoms. The SMILES string of the molecule is O=C(Nc1c(F)cc(Br)cc1F)NC1C=CC(C(=O)O)C1. The number of urea groups is 1. The Morgan fingerprint density at radius 1 is 1.24 bits per heavy atom. The average Bonchev–Trinajstić information content (AvgIpc) is 2.82. The maximum Gasteiger partial charge on any atom is 0.319 e. The normalized spacial score (nSPS) is 20.3. The second kappa shape index (κ2) is 6.21. The third-order valence-corrected chi connectivity index (χ3v) is 3.42. The van der Waals surface area contributed by atoms with E-state index in [1.807, 2.05) is 0 Å². The summed E-state index contributed by atoms with van der Waals surface area (Å²) in [5, 5.41) is 13.3. The van der Waals surface area contributed by atoms with Crippen LogP contribution in [0.3, 0.4) is 0 Å². The van der Waals surface area contributed by atoms with Crippen molar-refractivity contribution in [1.82, 2.24) is 5.32 Å². The van der Waals surface area contributed by atoms with Gasteiger partial charge in [0.1, 0.15) is 5.69 Å². The van der Waals surface area contributed by atoms with Crippen LogP contribution in [0.25, 0.3) is 0 Å². The third kappa shape index (κ3) is 3.78. The summed E-state index contributed by atoms with van der Waals surface area (Å²) in [5.74, 6) is -3.48. The molecule has 0 bridgehead atoms. The Morgan fingerprint density at radius 2 is 1.86 bits per heavy atom. The highest BCUT2D eigenvalue weighted by atomic mass is 79.9. The van der Waals surface area contributed by atoms with Crippen LogP contribution in [0.15, 0.2) is 28.8 Å². The number of carboxylic acids is 1. The minimum Gasteiger partial charge on any atom is -0.481 e. The molecule has 0 fully saturated rings. The minimum atomic E-state index is -0.985. The molecule has 1 aromatic carbocycles. The molecule has 3 N–H and O–H groups in total. The van der Waals surface area contributed by atoms with Crippen LogP contribution in [0, 0.1) is 17.6 Å².